The van der Waals surface area contributed by atoms with Crippen LogP contribution in [0.3, 0.4) is 0 Å². The summed E-state index contributed by atoms with van der Waals surface area (Å²) in [6, 6.07) is 8.34. The minimum Gasteiger partial charge on any atom is -0.332 e. The molecule has 21 heavy (non-hydrogen) atoms. The molecular formula is C17H22N2O2. The van der Waals surface area contributed by atoms with Gasteiger partial charge >= 0.3 is 0 Å². The molecule has 0 saturated carbocycles. The van der Waals surface area contributed by atoms with Gasteiger partial charge < -0.3 is 9.80 Å². The molecule has 2 aliphatic heterocycles. The van der Waals surface area contributed by atoms with Crippen molar-refractivity contribution in [3.63, 3.8) is 0 Å². The topological polar surface area (TPSA) is 40.6 Å². The lowest BCUT2D eigenvalue weighted by Gasteiger charge is -2.44. The molecule has 0 N–H and O–H groups in total. The number of hydrogen-bond donors (Lipinski definition) is 0. The van der Waals surface area contributed by atoms with Gasteiger partial charge in [-0.05, 0) is 24.0 Å². The Kier molecular flexibility index (Phi) is 3.95. The predicted octanol–water partition coefficient (Wildman–Crippen LogP) is 2.14. The average molecular weight is 286 g/mol. The zero-order valence-electron chi connectivity index (χ0n) is 12.5. The van der Waals surface area contributed by atoms with E-state index in [1.54, 1.807) is 4.90 Å². The summed E-state index contributed by atoms with van der Waals surface area (Å²) in [5, 5.41) is 0. The zero-order valence-corrected chi connectivity index (χ0v) is 12.5. The van der Waals surface area contributed by atoms with Crippen LogP contribution in [0.15, 0.2) is 24.3 Å². The molecule has 0 unspecified atom stereocenters. The van der Waals surface area contributed by atoms with E-state index in [1.807, 2.05) is 17.0 Å². The SMILES string of the molecule is CCCCC(=O)N1CC(=O)N2CCc3ccccc3[C@@H]2C1. The highest BCUT2D eigenvalue weighted by Crippen LogP contribution is 2.33. The number of carbonyl (C=O) groups excluding carboxylic acids is 2. The third kappa shape index (κ3) is 2.67. The maximum Gasteiger partial charge on any atom is 0.242 e. The molecule has 1 aromatic carbocycles. The van der Waals surface area contributed by atoms with Gasteiger partial charge in [0.25, 0.3) is 0 Å². The molecule has 0 aliphatic carbocycles. The Morgan fingerprint density at radius 1 is 1.33 bits per heavy atom. The second-order valence-corrected chi connectivity index (χ2v) is 5.93. The summed E-state index contributed by atoms with van der Waals surface area (Å²) >= 11 is 0. The predicted molar refractivity (Wildman–Crippen MR) is 80.7 cm³/mol. The molecule has 2 heterocycles. The zero-order chi connectivity index (χ0) is 14.8. The normalized spacial score (nSPS) is 21.0. The van der Waals surface area contributed by atoms with E-state index in [0.717, 1.165) is 25.8 Å². The van der Waals surface area contributed by atoms with Crippen molar-refractivity contribution in [2.24, 2.45) is 0 Å². The van der Waals surface area contributed by atoms with E-state index >= 15 is 0 Å². The Hall–Kier alpha value is -1.84. The molecule has 0 radical (unpaired) electrons. The van der Waals surface area contributed by atoms with Crippen LogP contribution in [0.5, 0.6) is 0 Å². The first-order valence-corrected chi connectivity index (χ1v) is 7.85. The maximum absolute atomic E-state index is 12.4. The fourth-order valence-electron chi connectivity index (χ4n) is 3.35. The van der Waals surface area contributed by atoms with Gasteiger partial charge in [-0.2, -0.15) is 0 Å². The summed E-state index contributed by atoms with van der Waals surface area (Å²) in [5.41, 5.74) is 2.53. The van der Waals surface area contributed by atoms with Crippen LogP contribution in [0.2, 0.25) is 0 Å². The van der Waals surface area contributed by atoms with Crippen LogP contribution in [0.25, 0.3) is 0 Å². The number of unbranched alkanes of at least 4 members (excludes halogenated alkanes) is 1. The second kappa shape index (κ2) is 5.88. The van der Waals surface area contributed by atoms with Crippen LogP contribution in [0.4, 0.5) is 0 Å². The third-order valence-electron chi connectivity index (χ3n) is 4.55. The summed E-state index contributed by atoms with van der Waals surface area (Å²) in [6.07, 6.45) is 3.38. The highest BCUT2D eigenvalue weighted by atomic mass is 16.2. The number of benzene rings is 1. The maximum atomic E-state index is 12.4. The van der Waals surface area contributed by atoms with Crippen LogP contribution in [0, 0.1) is 0 Å². The minimum atomic E-state index is 0.0433. The molecule has 2 aliphatic rings. The average Bonchev–Trinajstić information content (AvgIpc) is 2.52. The van der Waals surface area contributed by atoms with Crippen LogP contribution in [-0.4, -0.2) is 41.2 Å². The van der Waals surface area contributed by atoms with Gasteiger partial charge in [0.2, 0.25) is 11.8 Å². The van der Waals surface area contributed by atoms with Crippen molar-refractivity contribution in [3.05, 3.63) is 35.4 Å². The Morgan fingerprint density at radius 3 is 2.95 bits per heavy atom. The molecule has 112 valence electrons. The van der Waals surface area contributed by atoms with Crippen LogP contribution >= 0.6 is 0 Å². The molecule has 4 heteroatoms. The molecule has 2 amide bonds. The summed E-state index contributed by atoms with van der Waals surface area (Å²) < 4.78 is 0. The lowest BCUT2D eigenvalue weighted by atomic mass is 9.90. The summed E-state index contributed by atoms with van der Waals surface area (Å²) in [5.74, 6) is 0.207. The summed E-state index contributed by atoms with van der Waals surface area (Å²) in [4.78, 5) is 28.3. The third-order valence-corrected chi connectivity index (χ3v) is 4.55. The van der Waals surface area contributed by atoms with Crippen LogP contribution in [0.1, 0.15) is 43.4 Å². The lowest BCUT2D eigenvalue weighted by molar-refractivity contribution is -0.149. The number of carbonyl (C=O) groups is 2. The van der Waals surface area contributed by atoms with Crippen molar-refractivity contribution >= 4 is 11.8 Å². The van der Waals surface area contributed by atoms with Gasteiger partial charge in [-0.1, -0.05) is 37.6 Å². The van der Waals surface area contributed by atoms with Gasteiger partial charge in [0.15, 0.2) is 0 Å². The van der Waals surface area contributed by atoms with E-state index in [2.05, 4.69) is 19.1 Å². The minimum absolute atomic E-state index is 0.0433. The number of fused-ring (bicyclic) bond motifs is 3. The Balaban J connectivity index is 1.81. The van der Waals surface area contributed by atoms with E-state index in [1.165, 1.54) is 11.1 Å². The standard InChI is InChI=1S/C17H22N2O2/c1-2-3-8-16(20)18-11-15-14-7-5-4-6-13(14)9-10-19(15)17(21)12-18/h4-7,15H,2-3,8-12H2,1H3/t15-/m0/s1. The smallest absolute Gasteiger partial charge is 0.242 e. The number of nitrogens with zero attached hydrogens (tertiary/aromatic N) is 2. The molecule has 0 bridgehead atoms. The monoisotopic (exact) mass is 286 g/mol. The van der Waals surface area contributed by atoms with Gasteiger partial charge in [-0.15, -0.1) is 0 Å². The summed E-state index contributed by atoms with van der Waals surface area (Å²) in [6.45, 7) is 3.75. The highest BCUT2D eigenvalue weighted by molar-refractivity contribution is 5.86. The van der Waals surface area contributed by atoms with Crippen molar-refractivity contribution in [2.75, 3.05) is 19.6 Å². The van der Waals surface area contributed by atoms with Gasteiger partial charge in [-0.25, -0.2) is 0 Å². The Morgan fingerprint density at radius 2 is 2.14 bits per heavy atom. The Labute approximate surface area is 125 Å². The Bertz CT molecular complexity index is 555. The fraction of sp³-hybridized carbons (Fsp3) is 0.529. The van der Waals surface area contributed by atoms with E-state index in [4.69, 9.17) is 0 Å². The van der Waals surface area contributed by atoms with Gasteiger partial charge in [0, 0.05) is 19.5 Å². The molecule has 3 rings (SSSR count). The van der Waals surface area contributed by atoms with Crippen molar-refractivity contribution in [1.29, 1.82) is 0 Å². The second-order valence-electron chi connectivity index (χ2n) is 5.93. The van der Waals surface area contributed by atoms with Crippen LogP contribution in [-0.2, 0) is 16.0 Å². The highest BCUT2D eigenvalue weighted by Gasteiger charge is 2.37. The number of hydrogen-bond acceptors (Lipinski definition) is 2. The fourth-order valence-corrected chi connectivity index (χ4v) is 3.35. The molecule has 1 fully saturated rings. The first kappa shape index (κ1) is 14.1. The molecule has 1 aromatic rings. The first-order chi connectivity index (χ1) is 10.2. The van der Waals surface area contributed by atoms with Gasteiger partial charge in [-0.3, -0.25) is 9.59 Å². The van der Waals surface area contributed by atoms with E-state index < -0.39 is 0 Å². The quantitative estimate of drug-likeness (QED) is 0.854. The molecular weight excluding hydrogens is 264 g/mol. The summed E-state index contributed by atoms with van der Waals surface area (Å²) in [7, 11) is 0. The number of rotatable bonds is 3. The van der Waals surface area contributed by atoms with Crippen molar-refractivity contribution in [3.8, 4) is 0 Å². The molecule has 0 spiro atoms. The number of amides is 2. The molecule has 1 saturated heterocycles. The van der Waals surface area contributed by atoms with Gasteiger partial charge in [0.05, 0.1) is 12.6 Å². The van der Waals surface area contributed by atoms with Crippen molar-refractivity contribution in [1.82, 2.24) is 9.80 Å². The number of piperazine rings is 1. The van der Waals surface area contributed by atoms with Crippen LogP contribution < -0.4 is 0 Å². The first-order valence-electron chi connectivity index (χ1n) is 7.85. The molecule has 1 atom stereocenters. The van der Waals surface area contributed by atoms with E-state index in [-0.39, 0.29) is 24.4 Å². The van der Waals surface area contributed by atoms with Gasteiger partial charge in [0.1, 0.15) is 0 Å². The largest absolute Gasteiger partial charge is 0.332 e. The molecule has 4 nitrogen and oxygen atoms in total. The van der Waals surface area contributed by atoms with Crippen molar-refractivity contribution in [2.45, 2.75) is 38.6 Å². The molecule has 0 aromatic heterocycles. The van der Waals surface area contributed by atoms with E-state index in [9.17, 15) is 9.59 Å². The lowest BCUT2D eigenvalue weighted by Crippen LogP contribution is -2.55. The van der Waals surface area contributed by atoms with E-state index in [0.29, 0.717) is 13.0 Å². The van der Waals surface area contributed by atoms with Crippen molar-refractivity contribution < 1.29 is 9.59 Å².